The molecule has 0 spiro atoms. The fourth-order valence-electron chi connectivity index (χ4n) is 2.70. The van der Waals surface area contributed by atoms with Gasteiger partial charge < -0.3 is 20.7 Å². The smallest absolute Gasteiger partial charge is 0.255 e. The molecule has 0 bridgehead atoms. The predicted octanol–water partition coefficient (Wildman–Crippen LogP) is 2.32. The number of halogens is 2. The number of aromatic nitrogens is 1. The van der Waals surface area contributed by atoms with Crippen LogP contribution in [-0.2, 0) is 11.2 Å². The molecule has 1 aromatic carbocycles. The molecule has 142 valence electrons. The van der Waals surface area contributed by atoms with Gasteiger partial charge in [-0.1, -0.05) is 12.1 Å². The molecule has 6 nitrogen and oxygen atoms in total. The molecule has 1 fully saturated rings. The van der Waals surface area contributed by atoms with Crippen molar-refractivity contribution in [2.75, 3.05) is 43.5 Å². The molecule has 1 aliphatic rings. The highest BCUT2D eigenvalue weighted by molar-refractivity contribution is 5.98. The molecule has 0 atom stereocenters. The van der Waals surface area contributed by atoms with Crippen molar-refractivity contribution in [2.24, 2.45) is 0 Å². The number of anilines is 2. The van der Waals surface area contributed by atoms with E-state index in [9.17, 15) is 4.79 Å². The van der Waals surface area contributed by atoms with Gasteiger partial charge in [-0.15, -0.1) is 24.8 Å². The van der Waals surface area contributed by atoms with Gasteiger partial charge in [0.1, 0.15) is 5.82 Å². The molecule has 0 unspecified atom stereocenters. The average Bonchev–Trinajstić information content (AvgIpc) is 2.64. The summed E-state index contributed by atoms with van der Waals surface area (Å²) in [6.07, 6.45) is 2.48. The van der Waals surface area contributed by atoms with Gasteiger partial charge >= 0.3 is 0 Å². The van der Waals surface area contributed by atoms with Crippen LogP contribution in [0.2, 0.25) is 0 Å². The van der Waals surface area contributed by atoms with Crippen LogP contribution in [0.15, 0.2) is 42.6 Å². The molecule has 1 aliphatic heterocycles. The highest BCUT2D eigenvalue weighted by Crippen LogP contribution is 2.18. The first-order valence-electron chi connectivity index (χ1n) is 8.14. The largest absolute Gasteiger partial charge is 0.399 e. The summed E-state index contributed by atoms with van der Waals surface area (Å²) in [5.74, 6) is 0.630. The highest BCUT2D eigenvalue weighted by atomic mass is 35.5. The van der Waals surface area contributed by atoms with E-state index in [2.05, 4.69) is 15.2 Å². The second kappa shape index (κ2) is 10.9. The Kier molecular flexibility index (Phi) is 9.19. The third-order valence-corrected chi connectivity index (χ3v) is 4.02. The number of ether oxygens (including phenoxy) is 1. The molecule has 26 heavy (non-hydrogen) atoms. The van der Waals surface area contributed by atoms with E-state index >= 15 is 0 Å². The van der Waals surface area contributed by atoms with Gasteiger partial charge in [-0.05, 0) is 36.2 Å². The summed E-state index contributed by atoms with van der Waals surface area (Å²) >= 11 is 0. The lowest BCUT2D eigenvalue weighted by atomic mass is 10.1. The van der Waals surface area contributed by atoms with Crippen LogP contribution in [0.4, 0.5) is 11.5 Å². The average molecular weight is 399 g/mol. The number of carbonyl (C=O) groups is 1. The number of morpholine rings is 1. The van der Waals surface area contributed by atoms with E-state index < -0.39 is 0 Å². The van der Waals surface area contributed by atoms with Crippen LogP contribution in [0.5, 0.6) is 0 Å². The van der Waals surface area contributed by atoms with E-state index in [1.165, 1.54) is 0 Å². The Morgan fingerprint density at radius 2 is 1.85 bits per heavy atom. The molecule has 0 radical (unpaired) electrons. The summed E-state index contributed by atoms with van der Waals surface area (Å²) in [6, 6.07) is 11.3. The molecule has 2 heterocycles. The van der Waals surface area contributed by atoms with Crippen LogP contribution < -0.4 is 16.0 Å². The Morgan fingerprint density at radius 3 is 2.54 bits per heavy atom. The first-order chi connectivity index (χ1) is 11.7. The van der Waals surface area contributed by atoms with Crippen molar-refractivity contribution in [2.45, 2.75) is 6.42 Å². The number of hydrogen-bond donors (Lipinski definition) is 2. The zero-order chi connectivity index (χ0) is 16.8. The SMILES string of the molecule is Cl.Cl.Nc1ccc(CCNC(=O)c2cccnc2N2CCOCC2)cc1. The number of carbonyl (C=O) groups excluding carboxylic acids is 1. The van der Waals surface area contributed by atoms with E-state index in [-0.39, 0.29) is 30.7 Å². The van der Waals surface area contributed by atoms with Crippen molar-refractivity contribution in [1.29, 1.82) is 0 Å². The van der Waals surface area contributed by atoms with E-state index in [0.29, 0.717) is 25.3 Å². The summed E-state index contributed by atoms with van der Waals surface area (Å²) in [5, 5.41) is 2.97. The normalized spacial score (nSPS) is 13.3. The Balaban J connectivity index is 0.00000169. The Hall–Kier alpha value is -2.02. The summed E-state index contributed by atoms with van der Waals surface area (Å²) in [4.78, 5) is 19.0. The monoisotopic (exact) mass is 398 g/mol. The molecule has 8 heteroatoms. The number of benzene rings is 1. The number of nitrogens with two attached hydrogens (primary N) is 1. The standard InChI is InChI=1S/C18H22N4O2.2ClH/c19-15-5-3-14(4-6-15)7-9-21-18(23)16-2-1-8-20-17(16)22-10-12-24-13-11-22;;/h1-6,8H,7,9-13,19H2,(H,21,23);2*1H. The second-order valence-electron chi connectivity index (χ2n) is 5.72. The molecule has 1 saturated heterocycles. The maximum atomic E-state index is 12.5. The van der Waals surface area contributed by atoms with Crippen molar-refractivity contribution < 1.29 is 9.53 Å². The molecule has 3 N–H and O–H groups in total. The maximum absolute atomic E-state index is 12.5. The molecule has 1 amide bonds. The van der Waals surface area contributed by atoms with Gasteiger partial charge in [-0.2, -0.15) is 0 Å². The number of nitrogens with one attached hydrogen (secondary N) is 1. The Labute approximate surface area is 165 Å². The summed E-state index contributed by atoms with van der Waals surface area (Å²) < 4.78 is 5.36. The fourth-order valence-corrected chi connectivity index (χ4v) is 2.70. The van der Waals surface area contributed by atoms with Gasteiger partial charge in [0.25, 0.3) is 5.91 Å². The fraction of sp³-hybridized carbons (Fsp3) is 0.333. The third-order valence-electron chi connectivity index (χ3n) is 4.02. The summed E-state index contributed by atoms with van der Waals surface area (Å²) in [6.45, 7) is 3.40. The van der Waals surface area contributed by atoms with Gasteiger partial charge in [-0.25, -0.2) is 4.98 Å². The van der Waals surface area contributed by atoms with E-state index in [1.807, 2.05) is 30.3 Å². The van der Waals surface area contributed by atoms with E-state index in [4.69, 9.17) is 10.5 Å². The summed E-state index contributed by atoms with van der Waals surface area (Å²) in [7, 11) is 0. The molecular formula is C18H24Cl2N4O2. The number of pyridine rings is 1. The lowest BCUT2D eigenvalue weighted by molar-refractivity contribution is 0.0952. The predicted molar refractivity (Wildman–Crippen MR) is 109 cm³/mol. The Morgan fingerprint density at radius 1 is 1.15 bits per heavy atom. The number of rotatable bonds is 5. The minimum atomic E-state index is -0.0972. The van der Waals surface area contributed by atoms with Crippen LogP contribution >= 0.6 is 24.8 Å². The number of hydrogen-bond acceptors (Lipinski definition) is 5. The van der Waals surface area contributed by atoms with Crippen molar-refractivity contribution in [3.8, 4) is 0 Å². The molecule has 0 saturated carbocycles. The lowest BCUT2D eigenvalue weighted by Gasteiger charge is -2.29. The van der Waals surface area contributed by atoms with Gasteiger partial charge in [-0.3, -0.25) is 4.79 Å². The van der Waals surface area contributed by atoms with E-state index in [0.717, 1.165) is 36.6 Å². The van der Waals surface area contributed by atoms with Crippen molar-refractivity contribution in [3.05, 3.63) is 53.7 Å². The van der Waals surface area contributed by atoms with Crippen molar-refractivity contribution in [1.82, 2.24) is 10.3 Å². The number of amides is 1. The molecule has 0 aliphatic carbocycles. The number of nitrogens with zero attached hydrogens (tertiary/aromatic N) is 2. The first-order valence-corrected chi connectivity index (χ1v) is 8.14. The second-order valence-corrected chi connectivity index (χ2v) is 5.72. The molecule has 2 aromatic rings. The van der Waals surface area contributed by atoms with Crippen LogP contribution in [0.25, 0.3) is 0 Å². The third kappa shape index (κ3) is 5.76. The summed E-state index contributed by atoms with van der Waals surface area (Å²) in [5.41, 5.74) is 8.17. The minimum absolute atomic E-state index is 0. The lowest BCUT2D eigenvalue weighted by Crippen LogP contribution is -2.38. The quantitative estimate of drug-likeness (QED) is 0.755. The molecular weight excluding hydrogens is 375 g/mol. The van der Waals surface area contributed by atoms with E-state index in [1.54, 1.807) is 12.3 Å². The first kappa shape index (κ1) is 22.0. The zero-order valence-electron chi connectivity index (χ0n) is 14.4. The van der Waals surface area contributed by atoms with Gasteiger partial charge in [0.15, 0.2) is 0 Å². The Bertz CT molecular complexity index is 692. The van der Waals surface area contributed by atoms with Crippen LogP contribution in [0.1, 0.15) is 15.9 Å². The van der Waals surface area contributed by atoms with Crippen LogP contribution in [-0.4, -0.2) is 43.7 Å². The maximum Gasteiger partial charge on any atom is 0.255 e. The minimum Gasteiger partial charge on any atom is -0.399 e. The van der Waals surface area contributed by atoms with Crippen molar-refractivity contribution in [3.63, 3.8) is 0 Å². The van der Waals surface area contributed by atoms with Crippen LogP contribution in [0.3, 0.4) is 0 Å². The topological polar surface area (TPSA) is 80.5 Å². The number of nitrogen functional groups attached to an aromatic ring is 1. The van der Waals surface area contributed by atoms with Gasteiger partial charge in [0.2, 0.25) is 0 Å². The highest BCUT2D eigenvalue weighted by Gasteiger charge is 2.19. The van der Waals surface area contributed by atoms with Crippen molar-refractivity contribution >= 4 is 42.2 Å². The van der Waals surface area contributed by atoms with Gasteiger partial charge in [0, 0.05) is 31.5 Å². The zero-order valence-corrected chi connectivity index (χ0v) is 16.0. The van der Waals surface area contributed by atoms with Gasteiger partial charge in [0.05, 0.1) is 18.8 Å². The molecule has 3 rings (SSSR count). The molecule has 1 aromatic heterocycles. The van der Waals surface area contributed by atoms with Crippen LogP contribution in [0, 0.1) is 0 Å².